The van der Waals surface area contributed by atoms with Gasteiger partial charge in [0.15, 0.2) is 5.78 Å². The third-order valence-electron chi connectivity index (χ3n) is 4.57. The van der Waals surface area contributed by atoms with Gasteiger partial charge in [-0.1, -0.05) is 53.5 Å². The molecule has 25 heavy (non-hydrogen) atoms. The second kappa shape index (κ2) is 6.66. The summed E-state index contributed by atoms with van der Waals surface area (Å²) in [5.41, 5.74) is 5.81. The summed E-state index contributed by atoms with van der Waals surface area (Å²) in [5.74, 6) is 0.209. The molecule has 2 heterocycles. The molecule has 1 aromatic carbocycles. The molecule has 2 aromatic heterocycles. The first-order valence-electron chi connectivity index (χ1n) is 8.26. The summed E-state index contributed by atoms with van der Waals surface area (Å²) in [5, 5.41) is 0.680. The number of aromatic amines is 1. The molecule has 1 N–H and O–H groups in total. The lowest BCUT2D eigenvalue weighted by molar-refractivity contribution is 0.0971. The van der Waals surface area contributed by atoms with Gasteiger partial charge in [-0.2, -0.15) is 0 Å². The van der Waals surface area contributed by atoms with E-state index in [9.17, 15) is 4.79 Å². The largest absolute Gasteiger partial charge is 0.358 e. The summed E-state index contributed by atoms with van der Waals surface area (Å²) in [4.78, 5) is 20.1. The van der Waals surface area contributed by atoms with Crippen molar-refractivity contribution in [1.29, 1.82) is 0 Å². The SMILES string of the molecule is O=C1CCCc2[nH]c(-c3cc(Cl)nc(Cl)c3)c(Cc3ccccc3)c21. The van der Waals surface area contributed by atoms with E-state index in [-0.39, 0.29) is 5.78 Å². The van der Waals surface area contributed by atoms with E-state index in [2.05, 4.69) is 22.1 Å². The number of hydrogen-bond acceptors (Lipinski definition) is 2. The number of halogens is 2. The smallest absolute Gasteiger partial charge is 0.165 e. The highest BCUT2D eigenvalue weighted by molar-refractivity contribution is 6.32. The van der Waals surface area contributed by atoms with Crippen molar-refractivity contribution in [1.82, 2.24) is 9.97 Å². The van der Waals surface area contributed by atoms with Crippen molar-refractivity contribution in [2.24, 2.45) is 0 Å². The Kier molecular flexibility index (Phi) is 4.36. The number of benzene rings is 1. The lowest BCUT2D eigenvalue weighted by Crippen LogP contribution is -2.11. The molecule has 1 aliphatic rings. The van der Waals surface area contributed by atoms with Gasteiger partial charge in [-0.15, -0.1) is 0 Å². The summed E-state index contributed by atoms with van der Waals surface area (Å²) >= 11 is 12.2. The van der Waals surface area contributed by atoms with Gasteiger partial charge < -0.3 is 4.98 Å². The van der Waals surface area contributed by atoms with E-state index in [1.807, 2.05) is 18.2 Å². The molecule has 3 aromatic rings. The average molecular weight is 371 g/mol. The number of ketones is 1. The van der Waals surface area contributed by atoms with Gasteiger partial charge in [0.2, 0.25) is 0 Å². The summed E-state index contributed by atoms with van der Waals surface area (Å²) in [7, 11) is 0. The molecule has 5 heteroatoms. The second-order valence-corrected chi connectivity index (χ2v) is 7.05. The van der Waals surface area contributed by atoms with Crippen LogP contribution in [0.4, 0.5) is 0 Å². The second-order valence-electron chi connectivity index (χ2n) is 6.27. The van der Waals surface area contributed by atoms with Gasteiger partial charge in [-0.25, -0.2) is 4.98 Å². The maximum atomic E-state index is 12.6. The fraction of sp³-hybridized carbons (Fsp3) is 0.200. The number of nitrogens with zero attached hydrogens (tertiary/aromatic N) is 1. The van der Waals surface area contributed by atoms with Crippen LogP contribution in [0.5, 0.6) is 0 Å². The van der Waals surface area contributed by atoms with Gasteiger partial charge in [-0.05, 0) is 36.1 Å². The molecule has 126 valence electrons. The van der Waals surface area contributed by atoms with E-state index in [1.54, 1.807) is 12.1 Å². The molecule has 3 nitrogen and oxygen atoms in total. The fourth-order valence-corrected chi connectivity index (χ4v) is 3.96. The van der Waals surface area contributed by atoms with Crippen LogP contribution < -0.4 is 0 Å². The number of pyridine rings is 1. The van der Waals surface area contributed by atoms with Gasteiger partial charge >= 0.3 is 0 Å². The number of fused-ring (bicyclic) bond motifs is 1. The highest BCUT2D eigenvalue weighted by Gasteiger charge is 2.26. The number of aryl methyl sites for hydroxylation is 1. The molecule has 0 saturated heterocycles. The molecule has 1 aliphatic carbocycles. The van der Waals surface area contributed by atoms with Crippen molar-refractivity contribution in [3.8, 4) is 11.3 Å². The van der Waals surface area contributed by atoms with E-state index in [4.69, 9.17) is 23.2 Å². The van der Waals surface area contributed by atoms with Crippen molar-refractivity contribution >= 4 is 29.0 Å². The number of Topliss-reactive ketones (excluding diaryl/α,β-unsaturated/α-hetero) is 1. The maximum Gasteiger partial charge on any atom is 0.165 e. The third-order valence-corrected chi connectivity index (χ3v) is 4.95. The number of carbonyl (C=O) groups excluding carboxylic acids is 1. The minimum Gasteiger partial charge on any atom is -0.358 e. The molecule has 0 bridgehead atoms. The zero-order chi connectivity index (χ0) is 17.4. The van der Waals surface area contributed by atoms with Gasteiger partial charge in [0.05, 0.1) is 5.69 Å². The highest BCUT2D eigenvalue weighted by atomic mass is 35.5. The molecular formula is C20H16Cl2N2O. The molecule has 0 fully saturated rings. The Hall–Kier alpha value is -2.10. The van der Waals surface area contributed by atoms with Gasteiger partial charge in [0.1, 0.15) is 10.3 Å². The van der Waals surface area contributed by atoms with Crippen molar-refractivity contribution in [3.63, 3.8) is 0 Å². The predicted molar refractivity (Wildman–Crippen MR) is 101 cm³/mol. The minimum absolute atomic E-state index is 0.209. The Labute approximate surface area is 156 Å². The lowest BCUT2D eigenvalue weighted by Gasteiger charge is -2.12. The number of aromatic nitrogens is 2. The number of H-pyrrole nitrogens is 1. The first kappa shape index (κ1) is 16.4. The van der Waals surface area contributed by atoms with E-state index < -0.39 is 0 Å². The van der Waals surface area contributed by atoms with Crippen molar-refractivity contribution in [3.05, 3.63) is 75.2 Å². The monoisotopic (exact) mass is 370 g/mol. The van der Waals surface area contributed by atoms with Crippen LogP contribution in [0.2, 0.25) is 10.3 Å². The zero-order valence-electron chi connectivity index (χ0n) is 13.5. The number of carbonyl (C=O) groups is 1. The summed E-state index contributed by atoms with van der Waals surface area (Å²) < 4.78 is 0. The first-order chi connectivity index (χ1) is 12.1. The van der Waals surface area contributed by atoms with Gasteiger partial charge in [0.25, 0.3) is 0 Å². The van der Waals surface area contributed by atoms with Crippen LogP contribution in [0.15, 0.2) is 42.5 Å². The van der Waals surface area contributed by atoms with Gasteiger partial charge in [-0.3, -0.25) is 4.79 Å². The average Bonchev–Trinajstić information content (AvgIpc) is 2.95. The molecule has 0 amide bonds. The Bertz CT molecular complexity index is 928. The van der Waals surface area contributed by atoms with Crippen LogP contribution in [-0.2, 0) is 12.8 Å². The zero-order valence-corrected chi connectivity index (χ0v) is 15.0. The molecule has 4 rings (SSSR count). The van der Waals surface area contributed by atoms with Crippen molar-refractivity contribution in [2.45, 2.75) is 25.7 Å². The molecular weight excluding hydrogens is 355 g/mol. The van der Waals surface area contributed by atoms with E-state index in [0.717, 1.165) is 46.5 Å². The van der Waals surface area contributed by atoms with Crippen LogP contribution >= 0.6 is 23.2 Å². The number of rotatable bonds is 3. The third kappa shape index (κ3) is 3.22. The van der Waals surface area contributed by atoms with Crippen LogP contribution in [0.1, 0.15) is 40.0 Å². The van der Waals surface area contributed by atoms with Gasteiger partial charge in [0, 0.05) is 29.7 Å². The number of hydrogen-bond donors (Lipinski definition) is 1. The lowest BCUT2D eigenvalue weighted by atomic mass is 9.90. The van der Waals surface area contributed by atoms with E-state index >= 15 is 0 Å². The van der Waals surface area contributed by atoms with E-state index in [0.29, 0.717) is 23.1 Å². The normalized spacial score (nSPS) is 13.8. The standard InChI is InChI=1S/C20H16Cl2N2O/c21-17-10-13(11-18(22)24-17)20-14(9-12-5-2-1-3-6-12)19-15(23-20)7-4-8-16(19)25/h1-3,5-6,10-11,23H,4,7-9H2. The van der Waals surface area contributed by atoms with Crippen LogP contribution in [0, 0.1) is 0 Å². The Morgan fingerprint density at radius 3 is 2.48 bits per heavy atom. The predicted octanol–water partition coefficient (Wildman–Crippen LogP) is 5.49. The quantitative estimate of drug-likeness (QED) is 0.619. The fourth-order valence-electron chi connectivity index (χ4n) is 3.50. The first-order valence-corrected chi connectivity index (χ1v) is 9.01. The molecule has 0 aliphatic heterocycles. The minimum atomic E-state index is 0.209. The molecule has 0 unspecified atom stereocenters. The summed E-state index contributed by atoms with van der Waals surface area (Å²) in [6, 6.07) is 13.7. The maximum absolute atomic E-state index is 12.6. The molecule has 0 atom stereocenters. The highest BCUT2D eigenvalue weighted by Crippen LogP contribution is 2.35. The van der Waals surface area contributed by atoms with Crippen LogP contribution in [-0.4, -0.2) is 15.8 Å². The van der Waals surface area contributed by atoms with Crippen molar-refractivity contribution < 1.29 is 4.79 Å². The van der Waals surface area contributed by atoms with E-state index in [1.165, 1.54) is 0 Å². The Balaban J connectivity index is 1.90. The summed E-state index contributed by atoms with van der Waals surface area (Å²) in [6.45, 7) is 0. The Morgan fingerprint density at radius 2 is 1.76 bits per heavy atom. The summed E-state index contributed by atoms with van der Waals surface area (Å²) in [6.07, 6.45) is 3.05. The number of nitrogens with one attached hydrogen (secondary N) is 1. The van der Waals surface area contributed by atoms with Crippen LogP contribution in [0.25, 0.3) is 11.3 Å². The molecule has 0 radical (unpaired) electrons. The topological polar surface area (TPSA) is 45.8 Å². The molecule has 0 spiro atoms. The van der Waals surface area contributed by atoms with Crippen molar-refractivity contribution in [2.75, 3.05) is 0 Å². The van der Waals surface area contributed by atoms with Crippen LogP contribution in [0.3, 0.4) is 0 Å². The Morgan fingerprint density at radius 1 is 1.04 bits per heavy atom. The molecule has 0 saturated carbocycles.